The summed E-state index contributed by atoms with van der Waals surface area (Å²) in [7, 11) is 0. The normalized spacial score (nSPS) is 11.3. The van der Waals surface area contributed by atoms with Crippen molar-refractivity contribution < 1.29 is 0 Å². The van der Waals surface area contributed by atoms with Gasteiger partial charge in [-0.3, -0.25) is 4.99 Å². The number of halogens is 1. The summed E-state index contributed by atoms with van der Waals surface area (Å²) >= 11 is 6.23. The highest BCUT2D eigenvalue weighted by Crippen LogP contribution is 2.36. The van der Waals surface area contributed by atoms with Crippen LogP contribution in [-0.2, 0) is 0 Å². The van der Waals surface area contributed by atoms with Gasteiger partial charge in [-0.2, -0.15) is 0 Å². The van der Waals surface area contributed by atoms with E-state index in [2.05, 4.69) is 103 Å². The summed E-state index contributed by atoms with van der Waals surface area (Å²) in [5, 5.41) is 0.718. The molecule has 2 nitrogen and oxygen atoms in total. The highest BCUT2D eigenvalue weighted by molar-refractivity contribution is 6.30. The van der Waals surface area contributed by atoms with E-state index in [1.54, 1.807) is 0 Å². The van der Waals surface area contributed by atoms with Gasteiger partial charge in [0, 0.05) is 22.5 Å². The zero-order chi connectivity index (χ0) is 23.5. The van der Waals surface area contributed by atoms with Crippen molar-refractivity contribution in [2.24, 2.45) is 4.99 Å². The maximum atomic E-state index is 6.23. The Bertz CT molecular complexity index is 1450. The number of nitrogens with zero attached hydrogens (tertiary/aromatic N) is 2. The molecule has 0 aliphatic carbocycles. The van der Waals surface area contributed by atoms with E-state index >= 15 is 0 Å². The molecule has 4 aromatic carbocycles. The van der Waals surface area contributed by atoms with Crippen LogP contribution in [0.25, 0.3) is 28.2 Å². The molecule has 0 atom stereocenters. The third-order valence-electron chi connectivity index (χ3n) is 6.15. The Morgan fingerprint density at radius 3 is 2.03 bits per heavy atom. The first-order chi connectivity index (χ1) is 16.6. The molecule has 0 saturated heterocycles. The average molecular weight is 461 g/mol. The Kier molecular flexibility index (Phi) is 6.16. The molecule has 34 heavy (non-hydrogen) atoms. The van der Waals surface area contributed by atoms with E-state index in [1.165, 1.54) is 11.1 Å². The molecule has 0 spiro atoms. The molecule has 0 unspecified atom stereocenters. The van der Waals surface area contributed by atoms with Gasteiger partial charge in [0.05, 0.1) is 17.1 Å². The molecule has 5 aromatic rings. The van der Waals surface area contributed by atoms with Gasteiger partial charge in [0.25, 0.3) is 0 Å². The molecule has 0 amide bonds. The Balaban J connectivity index is 1.78. The van der Waals surface area contributed by atoms with Gasteiger partial charge >= 0.3 is 0 Å². The van der Waals surface area contributed by atoms with E-state index in [0.717, 1.165) is 44.5 Å². The van der Waals surface area contributed by atoms with Crippen LogP contribution in [0.5, 0.6) is 0 Å². The topological polar surface area (TPSA) is 17.3 Å². The Morgan fingerprint density at radius 1 is 0.706 bits per heavy atom. The van der Waals surface area contributed by atoms with E-state index in [0.29, 0.717) is 0 Å². The average Bonchev–Trinajstić information content (AvgIpc) is 3.26. The van der Waals surface area contributed by atoms with Crippen molar-refractivity contribution in [1.29, 1.82) is 0 Å². The van der Waals surface area contributed by atoms with Crippen LogP contribution in [0.3, 0.4) is 0 Å². The van der Waals surface area contributed by atoms with Crippen molar-refractivity contribution in [3.63, 3.8) is 0 Å². The first-order valence-electron chi connectivity index (χ1n) is 11.3. The fourth-order valence-electron chi connectivity index (χ4n) is 4.21. The predicted octanol–water partition coefficient (Wildman–Crippen LogP) is 8.83. The standard InChI is InChI=1S/C31H25ClN2/c1-22-10-9-15-29(23(22)2)33-21-26-20-30(24-11-5-3-6-12-24)34(28-18-16-27(32)17-19-28)31(26)25-13-7-4-8-14-25/h3-21H,1-2H3. The van der Waals surface area contributed by atoms with E-state index < -0.39 is 0 Å². The summed E-state index contributed by atoms with van der Waals surface area (Å²) in [6, 6.07) is 37.4. The monoisotopic (exact) mass is 460 g/mol. The molecular formula is C31H25ClN2. The molecule has 0 aliphatic heterocycles. The number of hydrogen-bond donors (Lipinski definition) is 0. The van der Waals surface area contributed by atoms with Crippen molar-refractivity contribution >= 4 is 23.5 Å². The molecule has 0 fully saturated rings. The Hall–Kier alpha value is -3.88. The lowest BCUT2D eigenvalue weighted by Crippen LogP contribution is -2.00. The van der Waals surface area contributed by atoms with Crippen LogP contribution in [0.15, 0.2) is 114 Å². The number of aryl methyl sites for hydroxylation is 1. The summed E-state index contributed by atoms with van der Waals surface area (Å²) in [4.78, 5) is 4.92. The predicted molar refractivity (Wildman–Crippen MR) is 145 cm³/mol. The van der Waals surface area contributed by atoms with Crippen LogP contribution >= 0.6 is 11.6 Å². The third kappa shape index (κ3) is 4.33. The van der Waals surface area contributed by atoms with Crippen molar-refractivity contribution in [3.8, 4) is 28.2 Å². The first kappa shape index (κ1) is 21.9. The SMILES string of the molecule is Cc1cccc(N=Cc2cc(-c3ccccc3)n(-c3ccc(Cl)cc3)c2-c2ccccc2)c1C. The highest BCUT2D eigenvalue weighted by atomic mass is 35.5. The minimum absolute atomic E-state index is 0.718. The fraction of sp³-hybridized carbons (Fsp3) is 0.0645. The van der Waals surface area contributed by atoms with E-state index in [9.17, 15) is 0 Å². The molecule has 166 valence electrons. The highest BCUT2D eigenvalue weighted by Gasteiger charge is 2.18. The van der Waals surface area contributed by atoms with Gasteiger partial charge in [0.2, 0.25) is 0 Å². The van der Waals surface area contributed by atoms with Gasteiger partial charge in [0.15, 0.2) is 0 Å². The number of aliphatic imine (C=N–C) groups is 1. The van der Waals surface area contributed by atoms with Crippen molar-refractivity contribution in [1.82, 2.24) is 4.57 Å². The number of hydrogen-bond acceptors (Lipinski definition) is 1. The van der Waals surface area contributed by atoms with Gasteiger partial charge in [-0.1, -0.05) is 84.4 Å². The van der Waals surface area contributed by atoms with E-state index in [1.807, 2.05) is 30.5 Å². The summed E-state index contributed by atoms with van der Waals surface area (Å²) < 4.78 is 2.30. The summed E-state index contributed by atoms with van der Waals surface area (Å²) in [6.07, 6.45) is 1.99. The molecule has 3 heteroatoms. The second-order valence-corrected chi connectivity index (χ2v) is 8.79. The molecule has 5 rings (SSSR count). The number of aromatic nitrogens is 1. The van der Waals surface area contributed by atoms with Gasteiger partial charge in [-0.25, -0.2) is 0 Å². The molecule has 1 heterocycles. The van der Waals surface area contributed by atoms with Gasteiger partial charge in [-0.05, 0) is 72.5 Å². The van der Waals surface area contributed by atoms with Crippen LogP contribution in [0.1, 0.15) is 16.7 Å². The maximum Gasteiger partial charge on any atom is 0.0661 e. The quantitative estimate of drug-likeness (QED) is 0.233. The lowest BCUT2D eigenvalue weighted by atomic mass is 10.1. The van der Waals surface area contributed by atoms with Gasteiger partial charge in [-0.15, -0.1) is 0 Å². The molecule has 1 aromatic heterocycles. The Morgan fingerprint density at radius 2 is 1.35 bits per heavy atom. The van der Waals surface area contributed by atoms with Crippen molar-refractivity contribution in [3.05, 3.63) is 131 Å². The summed E-state index contributed by atoms with van der Waals surface area (Å²) in [6.45, 7) is 4.24. The van der Waals surface area contributed by atoms with Crippen molar-refractivity contribution in [2.45, 2.75) is 13.8 Å². The second kappa shape index (κ2) is 9.54. The zero-order valence-corrected chi connectivity index (χ0v) is 20.0. The van der Waals surface area contributed by atoms with Crippen molar-refractivity contribution in [2.75, 3.05) is 0 Å². The maximum absolute atomic E-state index is 6.23. The lowest BCUT2D eigenvalue weighted by Gasteiger charge is -2.15. The largest absolute Gasteiger partial charge is 0.309 e. The lowest BCUT2D eigenvalue weighted by molar-refractivity contribution is 1.09. The van der Waals surface area contributed by atoms with Crippen LogP contribution in [0, 0.1) is 13.8 Å². The molecule has 0 saturated carbocycles. The molecule has 0 bridgehead atoms. The van der Waals surface area contributed by atoms with Crippen LogP contribution in [0.2, 0.25) is 5.02 Å². The minimum atomic E-state index is 0.718. The van der Waals surface area contributed by atoms with Crippen LogP contribution < -0.4 is 0 Å². The summed E-state index contributed by atoms with van der Waals surface area (Å²) in [5.74, 6) is 0. The van der Waals surface area contributed by atoms with Crippen LogP contribution in [-0.4, -0.2) is 10.8 Å². The van der Waals surface area contributed by atoms with E-state index in [4.69, 9.17) is 16.6 Å². The fourth-order valence-corrected chi connectivity index (χ4v) is 4.34. The van der Waals surface area contributed by atoms with E-state index in [-0.39, 0.29) is 0 Å². The Labute approximate surface area is 205 Å². The smallest absolute Gasteiger partial charge is 0.0661 e. The summed E-state index contributed by atoms with van der Waals surface area (Å²) in [5.41, 5.74) is 9.99. The van der Waals surface area contributed by atoms with Gasteiger partial charge < -0.3 is 4.57 Å². The van der Waals surface area contributed by atoms with Gasteiger partial charge in [0.1, 0.15) is 0 Å². The second-order valence-electron chi connectivity index (χ2n) is 8.35. The minimum Gasteiger partial charge on any atom is -0.309 e. The molecular weight excluding hydrogens is 436 g/mol. The van der Waals surface area contributed by atoms with Crippen LogP contribution in [0.4, 0.5) is 5.69 Å². The first-order valence-corrected chi connectivity index (χ1v) is 11.7. The molecule has 0 aliphatic rings. The molecule has 0 radical (unpaired) electrons. The zero-order valence-electron chi connectivity index (χ0n) is 19.2. The number of benzene rings is 4. The number of rotatable bonds is 5. The third-order valence-corrected chi connectivity index (χ3v) is 6.40. The molecule has 0 N–H and O–H groups in total.